The van der Waals surface area contributed by atoms with Crippen LogP contribution in [0, 0.1) is 11.3 Å². The van der Waals surface area contributed by atoms with Crippen LogP contribution in [0.3, 0.4) is 0 Å². The highest BCUT2D eigenvalue weighted by Crippen LogP contribution is 2.52. The van der Waals surface area contributed by atoms with Crippen LogP contribution in [0.2, 0.25) is 0 Å². The Hall–Kier alpha value is -0.130. The molecule has 0 aromatic carbocycles. The largest absolute Gasteiger partial charge is 0.396 e. The predicted molar refractivity (Wildman–Crippen MR) is 49.2 cm³/mol. The lowest BCUT2D eigenvalue weighted by atomic mass is 10.1. The molecule has 2 atom stereocenters. The van der Waals surface area contributed by atoms with E-state index in [0.29, 0.717) is 6.61 Å². The SMILES string of the molecule is COC[C@]1(CO)C[C@@H]1CS(C)(=O)=O. The van der Waals surface area contributed by atoms with Crippen molar-refractivity contribution in [2.24, 2.45) is 11.3 Å². The summed E-state index contributed by atoms with van der Waals surface area (Å²) in [5.41, 5.74) is -0.280. The van der Waals surface area contributed by atoms with Crippen molar-refractivity contribution >= 4 is 9.84 Å². The Morgan fingerprint density at radius 2 is 2.23 bits per heavy atom. The van der Waals surface area contributed by atoms with Crippen molar-refractivity contribution in [3.63, 3.8) is 0 Å². The fourth-order valence-electron chi connectivity index (χ4n) is 1.74. The maximum Gasteiger partial charge on any atom is 0.147 e. The van der Waals surface area contributed by atoms with Crippen LogP contribution in [-0.4, -0.2) is 45.9 Å². The fourth-order valence-corrected chi connectivity index (χ4v) is 2.94. The van der Waals surface area contributed by atoms with E-state index >= 15 is 0 Å². The standard InChI is InChI=1S/C8H16O4S/c1-12-6-8(5-9)3-7(8)4-13(2,10)11/h7,9H,3-6H2,1-2H3/t7-,8-/m1/s1. The summed E-state index contributed by atoms with van der Waals surface area (Å²) in [6.45, 7) is 0.463. The highest BCUT2D eigenvalue weighted by Gasteiger charge is 2.54. The van der Waals surface area contributed by atoms with Gasteiger partial charge < -0.3 is 9.84 Å². The average molecular weight is 208 g/mol. The Morgan fingerprint density at radius 1 is 1.62 bits per heavy atom. The minimum absolute atomic E-state index is 0.0149. The number of sulfone groups is 1. The minimum Gasteiger partial charge on any atom is -0.396 e. The molecule has 5 heteroatoms. The second kappa shape index (κ2) is 3.55. The molecule has 1 fully saturated rings. The molecule has 1 saturated carbocycles. The van der Waals surface area contributed by atoms with Crippen molar-refractivity contribution in [2.75, 3.05) is 32.3 Å². The molecule has 0 amide bonds. The lowest BCUT2D eigenvalue weighted by molar-refractivity contribution is 0.0879. The quantitative estimate of drug-likeness (QED) is 0.672. The Kier molecular flexibility index (Phi) is 2.99. The van der Waals surface area contributed by atoms with Crippen LogP contribution < -0.4 is 0 Å². The molecule has 78 valence electrons. The van der Waals surface area contributed by atoms with Crippen LogP contribution in [0.5, 0.6) is 0 Å². The summed E-state index contributed by atoms with van der Waals surface area (Å²) in [4.78, 5) is 0. The molecule has 0 saturated heterocycles. The number of ether oxygens (including phenoxy) is 1. The van der Waals surface area contributed by atoms with Gasteiger partial charge in [-0.15, -0.1) is 0 Å². The number of methoxy groups -OCH3 is 1. The van der Waals surface area contributed by atoms with Crippen molar-refractivity contribution in [1.29, 1.82) is 0 Å². The minimum atomic E-state index is -2.93. The van der Waals surface area contributed by atoms with Gasteiger partial charge >= 0.3 is 0 Å². The van der Waals surface area contributed by atoms with Gasteiger partial charge in [0.15, 0.2) is 0 Å². The monoisotopic (exact) mass is 208 g/mol. The number of rotatable bonds is 5. The summed E-state index contributed by atoms with van der Waals surface area (Å²) >= 11 is 0. The molecule has 1 rings (SSSR count). The Balaban J connectivity index is 2.51. The van der Waals surface area contributed by atoms with E-state index in [4.69, 9.17) is 9.84 Å². The first kappa shape index (κ1) is 10.9. The zero-order valence-electron chi connectivity index (χ0n) is 7.99. The maximum absolute atomic E-state index is 11.0. The van der Waals surface area contributed by atoms with Crippen LogP contribution >= 0.6 is 0 Å². The summed E-state index contributed by atoms with van der Waals surface area (Å²) in [5.74, 6) is 0.240. The second-order valence-electron chi connectivity index (χ2n) is 3.95. The van der Waals surface area contributed by atoms with Crippen molar-refractivity contribution in [2.45, 2.75) is 6.42 Å². The van der Waals surface area contributed by atoms with Gasteiger partial charge in [-0.05, 0) is 12.3 Å². The van der Waals surface area contributed by atoms with Gasteiger partial charge in [0.2, 0.25) is 0 Å². The van der Waals surface area contributed by atoms with E-state index in [1.54, 1.807) is 7.11 Å². The molecule has 1 N–H and O–H groups in total. The van der Waals surface area contributed by atoms with E-state index in [9.17, 15) is 8.42 Å². The normalized spacial score (nSPS) is 33.3. The van der Waals surface area contributed by atoms with E-state index in [-0.39, 0.29) is 23.7 Å². The molecule has 0 spiro atoms. The van der Waals surface area contributed by atoms with Gasteiger partial charge in [0, 0.05) is 18.8 Å². The van der Waals surface area contributed by atoms with Gasteiger partial charge in [-0.25, -0.2) is 8.42 Å². The van der Waals surface area contributed by atoms with Gasteiger partial charge in [-0.1, -0.05) is 0 Å². The first-order valence-corrected chi connectivity index (χ1v) is 6.27. The van der Waals surface area contributed by atoms with Gasteiger partial charge in [0.25, 0.3) is 0 Å². The third-order valence-electron chi connectivity index (χ3n) is 2.61. The summed E-state index contributed by atoms with van der Waals surface area (Å²) in [6, 6.07) is 0. The molecule has 0 heterocycles. The van der Waals surface area contributed by atoms with Crippen molar-refractivity contribution in [3.05, 3.63) is 0 Å². The molecule has 13 heavy (non-hydrogen) atoms. The zero-order valence-corrected chi connectivity index (χ0v) is 8.80. The van der Waals surface area contributed by atoms with Gasteiger partial charge in [0.1, 0.15) is 9.84 Å². The average Bonchev–Trinajstić information content (AvgIpc) is 2.61. The molecule has 1 aliphatic rings. The van der Waals surface area contributed by atoms with E-state index < -0.39 is 9.84 Å². The fraction of sp³-hybridized carbons (Fsp3) is 1.00. The number of aliphatic hydroxyl groups excluding tert-OH is 1. The van der Waals surface area contributed by atoms with E-state index in [2.05, 4.69) is 0 Å². The van der Waals surface area contributed by atoms with Crippen molar-refractivity contribution < 1.29 is 18.3 Å². The molecule has 4 nitrogen and oxygen atoms in total. The van der Waals surface area contributed by atoms with Crippen LogP contribution in [0.1, 0.15) is 6.42 Å². The van der Waals surface area contributed by atoms with Crippen LogP contribution in [0.25, 0.3) is 0 Å². The molecule has 0 aliphatic heterocycles. The third kappa shape index (κ3) is 2.65. The highest BCUT2D eigenvalue weighted by molar-refractivity contribution is 7.90. The van der Waals surface area contributed by atoms with Crippen LogP contribution in [0.15, 0.2) is 0 Å². The number of hydrogen-bond donors (Lipinski definition) is 1. The smallest absolute Gasteiger partial charge is 0.147 e. The molecule has 1 aliphatic carbocycles. The van der Waals surface area contributed by atoms with E-state index in [1.165, 1.54) is 6.26 Å². The molecule has 0 bridgehead atoms. The van der Waals surface area contributed by atoms with Gasteiger partial charge in [0.05, 0.1) is 19.0 Å². The lowest BCUT2D eigenvalue weighted by Gasteiger charge is -2.11. The summed E-state index contributed by atoms with van der Waals surface area (Å²) in [7, 11) is -1.36. The van der Waals surface area contributed by atoms with Crippen molar-refractivity contribution in [1.82, 2.24) is 0 Å². The summed E-state index contributed by atoms with van der Waals surface area (Å²) in [6.07, 6.45) is 1.98. The first-order valence-electron chi connectivity index (χ1n) is 4.21. The first-order chi connectivity index (χ1) is 5.93. The zero-order chi connectivity index (χ0) is 10.1. The summed E-state index contributed by atoms with van der Waals surface area (Å²) < 4.78 is 26.9. The summed E-state index contributed by atoms with van der Waals surface area (Å²) in [5, 5.41) is 9.08. The molecular weight excluding hydrogens is 192 g/mol. The van der Waals surface area contributed by atoms with Gasteiger partial charge in [-0.2, -0.15) is 0 Å². The van der Waals surface area contributed by atoms with Crippen LogP contribution in [-0.2, 0) is 14.6 Å². The molecular formula is C8H16O4S. The van der Waals surface area contributed by atoms with E-state index in [1.807, 2.05) is 0 Å². The number of hydrogen-bond acceptors (Lipinski definition) is 4. The van der Waals surface area contributed by atoms with Crippen LogP contribution in [0.4, 0.5) is 0 Å². The Labute approximate surface area is 78.8 Å². The Morgan fingerprint density at radius 3 is 2.62 bits per heavy atom. The lowest BCUT2D eigenvalue weighted by Crippen LogP contribution is -2.20. The highest BCUT2D eigenvalue weighted by atomic mass is 32.2. The maximum atomic E-state index is 11.0. The topological polar surface area (TPSA) is 63.6 Å². The third-order valence-corrected chi connectivity index (χ3v) is 3.62. The van der Waals surface area contributed by atoms with Crippen molar-refractivity contribution in [3.8, 4) is 0 Å². The second-order valence-corrected chi connectivity index (χ2v) is 6.13. The predicted octanol–water partition coefficient (Wildman–Crippen LogP) is -0.324. The Bertz CT molecular complexity index is 272. The molecule has 0 unspecified atom stereocenters. The number of aliphatic hydroxyl groups is 1. The van der Waals surface area contributed by atoms with E-state index in [0.717, 1.165) is 6.42 Å². The molecule has 0 radical (unpaired) electrons. The molecule has 0 aromatic rings. The molecule has 0 aromatic heterocycles. The van der Waals surface area contributed by atoms with Gasteiger partial charge in [-0.3, -0.25) is 0 Å².